The molecule has 11 heteroatoms. The molecule has 39 heavy (non-hydrogen) atoms. The van der Waals surface area contributed by atoms with Crippen LogP contribution in [0.2, 0.25) is 0 Å². The van der Waals surface area contributed by atoms with Gasteiger partial charge in [0.05, 0.1) is 36.3 Å². The second-order valence-electron chi connectivity index (χ2n) is 11.0. The number of esters is 1. The molecule has 2 aromatic rings. The molecule has 6 atom stereocenters. The molecule has 206 valence electrons. The van der Waals surface area contributed by atoms with Crippen LogP contribution in [0.5, 0.6) is 0 Å². The van der Waals surface area contributed by atoms with Crippen LogP contribution in [-0.4, -0.2) is 90.7 Å². The third-order valence-corrected chi connectivity index (χ3v) is 8.49. The van der Waals surface area contributed by atoms with Crippen LogP contribution in [0.4, 0.5) is 0 Å². The average molecular weight is 536 g/mol. The summed E-state index contributed by atoms with van der Waals surface area (Å²) in [6.45, 7) is 3.76. The van der Waals surface area contributed by atoms with Crippen molar-refractivity contribution in [2.45, 2.75) is 63.1 Å². The molecule has 0 radical (unpaired) electrons. The fraction of sp³-hybridized carbons (Fsp3) is 0.536. The molecule has 2 amide bonds. The molecule has 11 nitrogen and oxygen atoms in total. The van der Waals surface area contributed by atoms with E-state index in [0.717, 1.165) is 24.8 Å². The summed E-state index contributed by atoms with van der Waals surface area (Å²) in [5.74, 6) is -3.18. The second-order valence-corrected chi connectivity index (χ2v) is 11.0. The molecule has 6 rings (SSSR count). The van der Waals surface area contributed by atoms with Crippen LogP contribution in [0.15, 0.2) is 48.6 Å². The van der Waals surface area contributed by atoms with Crippen molar-refractivity contribution in [3.63, 3.8) is 0 Å². The van der Waals surface area contributed by atoms with E-state index >= 15 is 0 Å². The lowest BCUT2D eigenvalue weighted by Gasteiger charge is -2.39. The number of aromatic nitrogens is 3. The number of fused-ring (bicyclic) bond motifs is 3. The number of nitrogens with zero attached hydrogens (tertiary/aromatic N) is 5. The zero-order chi connectivity index (χ0) is 27.4. The monoisotopic (exact) mass is 535 g/mol. The number of carbonyl (C=O) groups excluding carboxylic acids is 3. The van der Waals surface area contributed by atoms with Gasteiger partial charge in [-0.1, -0.05) is 41.7 Å². The van der Waals surface area contributed by atoms with Gasteiger partial charge in [-0.15, -0.1) is 5.10 Å². The van der Waals surface area contributed by atoms with Crippen LogP contribution in [0.25, 0.3) is 11.0 Å². The molecule has 0 saturated carbocycles. The number of allylic oxidation sites excluding steroid dienone is 1. The standard InChI is InChI=1S/C28H33N5O6/c1-18(16-34)33-23-25(36)31(17-32-20-11-6-5-10-19(20)29-30-32)14-9-13-28(23)21(24(33)35)22-26(37)38-15-8-4-3-7-12-27(22,2)39-28/h5-7,9-13,18,21-23,34H,3-4,8,14-17H2,1-2H3/b12-7-/t18-,21+,22+,23?,27-,28+/m1/s1. The average Bonchev–Trinajstić information content (AvgIpc) is 3.49. The number of carbonyl (C=O) groups is 3. The molecular weight excluding hydrogens is 502 g/mol. The van der Waals surface area contributed by atoms with Crippen molar-refractivity contribution in [1.82, 2.24) is 24.8 Å². The number of amides is 2. The quantitative estimate of drug-likeness (QED) is 0.460. The van der Waals surface area contributed by atoms with E-state index in [0.29, 0.717) is 5.52 Å². The number of para-hydroxylation sites is 1. The Balaban J connectivity index is 1.44. The number of aliphatic hydroxyl groups is 1. The van der Waals surface area contributed by atoms with Crippen molar-refractivity contribution in [3.8, 4) is 0 Å². The number of ether oxygens (including phenoxy) is 2. The molecule has 1 N–H and O–H groups in total. The summed E-state index contributed by atoms with van der Waals surface area (Å²) in [5, 5.41) is 18.5. The van der Waals surface area contributed by atoms with Crippen molar-refractivity contribution in [1.29, 1.82) is 0 Å². The maximum absolute atomic E-state index is 14.4. The predicted molar refractivity (Wildman–Crippen MR) is 139 cm³/mol. The Labute approximate surface area is 226 Å². The van der Waals surface area contributed by atoms with Crippen LogP contribution in [0.1, 0.15) is 33.1 Å². The van der Waals surface area contributed by atoms with Gasteiger partial charge in [0, 0.05) is 6.54 Å². The minimum Gasteiger partial charge on any atom is -0.465 e. The maximum Gasteiger partial charge on any atom is 0.313 e. The highest BCUT2D eigenvalue weighted by atomic mass is 16.6. The van der Waals surface area contributed by atoms with E-state index < -0.39 is 47.0 Å². The molecular formula is C28H33N5O6. The van der Waals surface area contributed by atoms with Gasteiger partial charge in [-0.2, -0.15) is 0 Å². The number of likely N-dealkylation sites (tertiary alicyclic amines) is 1. The molecule has 1 spiro atoms. The molecule has 5 heterocycles. The third kappa shape index (κ3) is 3.89. The Bertz CT molecular complexity index is 1370. The number of aliphatic hydroxyl groups excluding tert-OH is 1. The zero-order valence-electron chi connectivity index (χ0n) is 22.1. The van der Waals surface area contributed by atoms with Crippen molar-refractivity contribution in [3.05, 3.63) is 48.6 Å². The Morgan fingerprint density at radius 1 is 1.10 bits per heavy atom. The fourth-order valence-electron chi connectivity index (χ4n) is 6.66. The molecule has 1 unspecified atom stereocenters. The molecule has 0 aliphatic carbocycles. The SMILES string of the molecule is C[C@H](CO)N1C(=O)[C@@H]2[C@H]3C(=O)OCCCC/C=C\[C@@]3(C)O[C@@]23C=CCN(Cn2nnc4ccccc42)C(=O)C13. The normalized spacial score (nSPS) is 34.3. The van der Waals surface area contributed by atoms with Gasteiger partial charge in [-0.25, -0.2) is 4.68 Å². The minimum atomic E-state index is -1.41. The van der Waals surface area contributed by atoms with Gasteiger partial charge in [-0.05, 0) is 45.2 Å². The Morgan fingerprint density at radius 3 is 2.74 bits per heavy atom. The Morgan fingerprint density at radius 2 is 1.92 bits per heavy atom. The summed E-state index contributed by atoms with van der Waals surface area (Å²) >= 11 is 0. The van der Waals surface area contributed by atoms with Crippen LogP contribution in [-0.2, 0) is 30.5 Å². The van der Waals surface area contributed by atoms with Crippen molar-refractivity contribution >= 4 is 28.8 Å². The fourth-order valence-corrected chi connectivity index (χ4v) is 6.66. The highest BCUT2D eigenvalue weighted by Crippen LogP contribution is 2.57. The molecule has 1 aromatic heterocycles. The first kappa shape index (κ1) is 25.7. The summed E-state index contributed by atoms with van der Waals surface area (Å²) in [6.07, 6.45) is 9.82. The summed E-state index contributed by atoms with van der Waals surface area (Å²) < 4.78 is 14.0. The highest BCUT2D eigenvalue weighted by Gasteiger charge is 2.75. The van der Waals surface area contributed by atoms with Gasteiger partial charge in [0.1, 0.15) is 29.7 Å². The van der Waals surface area contributed by atoms with E-state index in [1.54, 1.807) is 29.5 Å². The first-order valence-corrected chi connectivity index (χ1v) is 13.5. The van der Waals surface area contributed by atoms with Gasteiger partial charge in [0.25, 0.3) is 5.91 Å². The summed E-state index contributed by atoms with van der Waals surface area (Å²) in [6, 6.07) is 5.72. The molecule has 1 aromatic carbocycles. The van der Waals surface area contributed by atoms with Crippen molar-refractivity contribution < 1.29 is 29.0 Å². The summed E-state index contributed by atoms with van der Waals surface area (Å²) in [4.78, 5) is 45.0. The Hall–Kier alpha value is -3.57. The number of hydrogen-bond donors (Lipinski definition) is 1. The largest absolute Gasteiger partial charge is 0.465 e. The summed E-state index contributed by atoms with van der Waals surface area (Å²) in [5.41, 5.74) is -1.08. The van der Waals surface area contributed by atoms with Crippen molar-refractivity contribution in [2.75, 3.05) is 19.8 Å². The number of benzene rings is 1. The van der Waals surface area contributed by atoms with E-state index in [-0.39, 0.29) is 32.3 Å². The van der Waals surface area contributed by atoms with E-state index in [2.05, 4.69) is 10.3 Å². The third-order valence-electron chi connectivity index (χ3n) is 8.49. The van der Waals surface area contributed by atoms with Crippen molar-refractivity contribution in [2.24, 2.45) is 11.8 Å². The van der Waals surface area contributed by atoms with E-state index in [1.807, 2.05) is 42.5 Å². The topological polar surface area (TPSA) is 127 Å². The first-order valence-electron chi connectivity index (χ1n) is 13.5. The zero-order valence-corrected chi connectivity index (χ0v) is 22.1. The lowest BCUT2D eigenvalue weighted by Crippen LogP contribution is -2.58. The number of cyclic esters (lactones) is 1. The predicted octanol–water partition coefficient (Wildman–Crippen LogP) is 1.42. The summed E-state index contributed by atoms with van der Waals surface area (Å²) in [7, 11) is 0. The number of hydrogen-bond acceptors (Lipinski definition) is 8. The van der Waals surface area contributed by atoms with Crippen LogP contribution < -0.4 is 0 Å². The van der Waals surface area contributed by atoms with Crippen LogP contribution in [0.3, 0.4) is 0 Å². The van der Waals surface area contributed by atoms with Gasteiger partial charge in [0.2, 0.25) is 5.91 Å². The second kappa shape index (κ2) is 9.56. The van der Waals surface area contributed by atoms with E-state index in [4.69, 9.17) is 9.47 Å². The molecule has 0 bridgehead atoms. The first-order chi connectivity index (χ1) is 18.8. The van der Waals surface area contributed by atoms with Gasteiger partial charge in [0.15, 0.2) is 0 Å². The minimum absolute atomic E-state index is 0.110. The van der Waals surface area contributed by atoms with Crippen LogP contribution in [0, 0.1) is 11.8 Å². The van der Waals surface area contributed by atoms with E-state index in [9.17, 15) is 19.5 Å². The Kier molecular flexibility index (Phi) is 6.30. The molecule has 2 fully saturated rings. The smallest absolute Gasteiger partial charge is 0.313 e. The van der Waals surface area contributed by atoms with Gasteiger partial charge >= 0.3 is 5.97 Å². The van der Waals surface area contributed by atoms with E-state index in [1.165, 1.54) is 4.90 Å². The van der Waals surface area contributed by atoms with Crippen LogP contribution >= 0.6 is 0 Å². The molecule has 2 saturated heterocycles. The number of rotatable bonds is 4. The van der Waals surface area contributed by atoms with Gasteiger partial charge < -0.3 is 24.4 Å². The molecule has 4 aliphatic heterocycles. The highest BCUT2D eigenvalue weighted by molar-refractivity contribution is 5.99. The maximum atomic E-state index is 14.4. The lowest BCUT2D eigenvalue weighted by molar-refractivity contribution is -0.161. The van der Waals surface area contributed by atoms with Gasteiger partial charge in [-0.3, -0.25) is 14.4 Å². The molecule has 4 aliphatic rings. The lowest BCUT2D eigenvalue weighted by atomic mass is 9.74.